The molecule has 0 saturated carbocycles. The van der Waals surface area contributed by atoms with Crippen molar-refractivity contribution >= 4 is 84.1 Å². The summed E-state index contributed by atoms with van der Waals surface area (Å²) in [5, 5.41) is 4.53. The molecule has 7 heterocycles. The number of para-hydroxylation sites is 5. The van der Waals surface area contributed by atoms with Gasteiger partial charge in [-0.25, -0.2) is 0 Å². The fourth-order valence-corrected chi connectivity index (χ4v) is 9.47. The zero-order chi connectivity index (χ0) is 29.4. The highest BCUT2D eigenvalue weighted by Gasteiger charge is 2.54. The lowest BCUT2D eigenvalue weighted by Gasteiger charge is -2.40. The van der Waals surface area contributed by atoms with Crippen LogP contribution in [0.4, 0.5) is 11.4 Å². The number of hydrogen-bond donors (Lipinski definition) is 0. The lowest BCUT2D eigenvalue weighted by atomic mass is 9.45. The summed E-state index contributed by atoms with van der Waals surface area (Å²) in [6, 6.07) is 41.3. The minimum absolute atomic E-state index is 0.0706. The molecule has 13 rings (SSSR count). The zero-order valence-corrected chi connectivity index (χ0v) is 24.3. The maximum atomic E-state index is 6.88. The van der Waals surface area contributed by atoms with Crippen LogP contribution in [0.5, 0.6) is 5.75 Å². The van der Waals surface area contributed by atoms with Gasteiger partial charge in [0.1, 0.15) is 22.5 Å². The minimum Gasteiger partial charge on any atom is -0.469 e. The summed E-state index contributed by atoms with van der Waals surface area (Å²) in [5.74, 6) is 1.10. The Morgan fingerprint density at radius 2 is 1.35 bits per heavy atom. The molecular weight excluding hydrogens is 567 g/mol. The average Bonchev–Trinajstić information content (AvgIpc) is 3.89. The Morgan fingerprint density at radius 1 is 0.609 bits per heavy atom. The van der Waals surface area contributed by atoms with E-state index in [1.165, 1.54) is 50.1 Å². The van der Waals surface area contributed by atoms with E-state index >= 15 is 0 Å². The fraction of sp³-hybridized carbons (Fsp3) is 0.0500. The van der Waals surface area contributed by atoms with E-state index in [0.717, 1.165) is 55.1 Å². The molecule has 4 aliphatic heterocycles. The molecule has 3 aromatic heterocycles. The van der Waals surface area contributed by atoms with Gasteiger partial charge in [-0.1, -0.05) is 78.9 Å². The van der Waals surface area contributed by atoms with Crippen LogP contribution in [0, 0.1) is 0 Å². The molecule has 0 N–H and O–H groups in total. The molecular formula is C40H21BN2O3. The van der Waals surface area contributed by atoms with Gasteiger partial charge in [-0.2, -0.15) is 0 Å². The highest BCUT2D eigenvalue weighted by molar-refractivity contribution is 6.90. The van der Waals surface area contributed by atoms with Crippen molar-refractivity contribution in [2.45, 2.75) is 12.1 Å². The van der Waals surface area contributed by atoms with Gasteiger partial charge in [0.25, 0.3) is 0 Å². The van der Waals surface area contributed by atoms with Crippen LogP contribution < -0.4 is 20.6 Å². The number of rotatable bonds is 0. The molecule has 46 heavy (non-hydrogen) atoms. The van der Waals surface area contributed by atoms with Crippen LogP contribution in [0.2, 0.25) is 0 Å². The maximum absolute atomic E-state index is 6.88. The Bertz CT molecular complexity index is 2890. The number of hydrogen-bond acceptors (Lipinski definition) is 4. The summed E-state index contributed by atoms with van der Waals surface area (Å²) >= 11 is 0. The highest BCUT2D eigenvalue weighted by Crippen LogP contribution is 2.57. The highest BCUT2D eigenvalue weighted by atomic mass is 16.5. The third-order valence-electron chi connectivity index (χ3n) is 11.1. The van der Waals surface area contributed by atoms with Gasteiger partial charge in [0, 0.05) is 55.1 Å². The van der Waals surface area contributed by atoms with Crippen LogP contribution in [0.15, 0.2) is 124 Å². The normalized spacial score (nSPS) is 18.1. The van der Waals surface area contributed by atoms with Gasteiger partial charge in [0.05, 0.1) is 11.4 Å². The van der Waals surface area contributed by atoms with Crippen molar-refractivity contribution in [1.82, 2.24) is 4.48 Å². The van der Waals surface area contributed by atoms with Crippen LogP contribution in [0.3, 0.4) is 0 Å². The van der Waals surface area contributed by atoms with Crippen LogP contribution in [-0.4, -0.2) is 17.6 Å². The van der Waals surface area contributed by atoms with Crippen molar-refractivity contribution in [2.75, 3.05) is 4.90 Å². The molecule has 5 nitrogen and oxygen atoms in total. The lowest BCUT2D eigenvalue weighted by Crippen LogP contribution is -2.58. The van der Waals surface area contributed by atoms with E-state index in [1.807, 2.05) is 0 Å². The second-order valence-corrected chi connectivity index (χ2v) is 13.1. The number of ether oxygens (including phenoxy) is 1. The van der Waals surface area contributed by atoms with Crippen LogP contribution in [0.1, 0.15) is 17.0 Å². The maximum Gasteiger partial charge on any atom is 0.333 e. The van der Waals surface area contributed by atoms with E-state index in [-0.39, 0.29) is 19.0 Å². The van der Waals surface area contributed by atoms with E-state index < -0.39 is 0 Å². The number of nitrogens with zero attached hydrogens (tertiary/aromatic N) is 2. The molecule has 2 unspecified atom stereocenters. The third-order valence-corrected chi connectivity index (χ3v) is 11.1. The SMILES string of the molecule is c1ccc2c(c1)OC1C2c2cccc3c2N1c1cc2c(oc4ccccc42)c2c1B3n1c3c-2cccc3c2oc3ccccc3c21. The molecule has 9 aromatic rings. The lowest BCUT2D eigenvalue weighted by molar-refractivity contribution is 0.234. The first kappa shape index (κ1) is 22.6. The molecule has 6 aromatic carbocycles. The van der Waals surface area contributed by atoms with E-state index in [2.05, 4.69) is 125 Å². The van der Waals surface area contributed by atoms with Gasteiger partial charge in [0.2, 0.25) is 0 Å². The molecule has 6 heteroatoms. The Balaban J connectivity index is 1.27. The number of furan rings is 2. The molecule has 0 radical (unpaired) electrons. The van der Waals surface area contributed by atoms with E-state index in [9.17, 15) is 0 Å². The summed E-state index contributed by atoms with van der Waals surface area (Å²) < 4.78 is 22.9. The molecule has 0 saturated heterocycles. The second-order valence-electron chi connectivity index (χ2n) is 13.1. The quantitative estimate of drug-likeness (QED) is 0.167. The molecule has 212 valence electrons. The molecule has 0 spiro atoms. The van der Waals surface area contributed by atoms with Gasteiger partial charge in [-0.05, 0) is 52.9 Å². The van der Waals surface area contributed by atoms with Crippen molar-refractivity contribution in [3.63, 3.8) is 0 Å². The number of anilines is 2. The van der Waals surface area contributed by atoms with E-state index in [4.69, 9.17) is 13.6 Å². The van der Waals surface area contributed by atoms with Crippen molar-refractivity contribution in [3.8, 4) is 16.9 Å². The topological polar surface area (TPSA) is 43.7 Å². The molecule has 4 aliphatic rings. The minimum atomic E-state index is -0.161. The average molecular weight is 588 g/mol. The molecule has 2 atom stereocenters. The van der Waals surface area contributed by atoms with Crippen molar-refractivity contribution in [1.29, 1.82) is 0 Å². The first-order valence-corrected chi connectivity index (χ1v) is 16.0. The van der Waals surface area contributed by atoms with Gasteiger partial charge < -0.3 is 22.9 Å². The first-order chi connectivity index (χ1) is 22.8. The monoisotopic (exact) mass is 588 g/mol. The second kappa shape index (κ2) is 7.32. The van der Waals surface area contributed by atoms with Crippen LogP contribution in [-0.2, 0) is 0 Å². The Labute approximate surface area is 261 Å². The van der Waals surface area contributed by atoms with Crippen molar-refractivity contribution in [3.05, 3.63) is 126 Å². The Hall–Kier alpha value is -5.88. The summed E-state index contributed by atoms with van der Waals surface area (Å²) in [5.41, 5.74) is 16.0. The van der Waals surface area contributed by atoms with Gasteiger partial charge >= 0.3 is 6.85 Å². The Morgan fingerprint density at radius 3 is 2.28 bits per heavy atom. The zero-order valence-electron chi connectivity index (χ0n) is 24.3. The number of fused-ring (bicyclic) bond motifs is 18. The third kappa shape index (κ3) is 2.30. The summed E-state index contributed by atoms with van der Waals surface area (Å²) in [4.78, 5) is 2.51. The standard InChI is InChI=1S/C40H21BN2O3/c1-4-16-29-20(9-1)26-19-28-34-33(38(26)44-29)24-12-7-14-25-35(24)43(37-22-11-3-6-18-31(22)45-39(25)37)41(34)27-15-8-13-23-32-21-10-2-5-17-30(21)46-40(32)42(28)36(23)27/h1-19,32,40H. The van der Waals surface area contributed by atoms with Crippen molar-refractivity contribution < 1.29 is 13.6 Å². The summed E-state index contributed by atoms with van der Waals surface area (Å²) in [6.45, 7) is -0.0706. The van der Waals surface area contributed by atoms with Gasteiger partial charge in [0.15, 0.2) is 11.8 Å². The van der Waals surface area contributed by atoms with Crippen molar-refractivity contribution in [2.24, 2.45) is 0 Å². The van der Waals surface area contributed by atoms with E-state index in [1.54, 1.807) is 0 Å². The number of benzene rings is 6. The smallest absolute Gasteiger partial charge is 0.333 e. The van der Waals surface area contributed by atoms with Gasteiger partial charge in [-0.3, -0.25) is 0 Å². The molecule has 0 fully saturated rings. The first-order valence-electron chi connectivity index (χ1n) is 16.0. The molecule has 0 bridgehead atoms. The van der Waals surface area contributed by atoms with Crippen LogP contribution in [0.25, 0.3) is 66.0 Å². The fourth-order valence-electron chi connectivity index (χ4n) is 9.47. The molecule has 0 amide bonds. The summed E-state index contributed by atoms with van der Waals surface area (Å²) in [7, 11) is 0. The van der Waals surface area contributed by atoms with Crippen LogP contribution >= 0.6 is 0 Å². The predicted octanol–water partition coefficient (Wildman–Crippen LogP) is 8.39. The predicted molar refractivity (Wildman–Crippen MR) is 184 cm³/mol. The Kier molecular flexibility index (Phi) is 3.60. The largest absolute Gasteiger partial charge is 0.469 e. The van der Waals surface area contributed by atoms with Gasteiger partial charge in [-0.15, -0.1) is 0 Å². The molecule has 0 aliphatic carbocycles. The number of aromatic nitrogens is 1. The summed E-state index contributed by atoms with van der Waals surface area (Å²) in [6.07, 6.45) is -0.161. The van der Waals surface area contributed by atoms with E-state index in [0.29, 0.717) is 0 Å².